The van der Waals surface area contributed by atoms with Crippen molar-refractivity contribution in [1.29, 1.82) is 0 Å². The first kappa shape index (κ1) is 19.5. The number of guanidine groups is 1. The molecule has 2 N–H and O–H groups in total. The number of morpholine rings is 1. The number of hydrogen-bond donors (Lipinski definition) is 2. The molecule has 1 aromatic carbocycles. The van der Waals surface area contributed by atoms with Crippen molar-refractivity contribution < 1.29 is 9.47 Å². The van der Waals surface area contributed by atoms with Crippen molar-refractivity contribution in [3.63, 3.8) is 0 Å². The van der Waals surface area contributed by atoms with Crippen molar-refractivity contribution in [3.8, 4) is 5.75 Å². The Kier molecular flexibility index (Phi) is 9.15. The van der Waals surface area contributed by atoms with E-state index in [0.717, 1.165) is 69.6 Å². The molecule has 0 aromatic heterocycles. The predicted octanol–water partition coefficient (Wildman–Crippen LogP) is 1.86. The average molecular weight is 348 g/mol. The second kappa shape index (κ2) is 11.7. The van der Waals surface area contributed by atoms with Gasteiger partial charge in [-0.1, -0.05) is 12.1 Å². The Bertz CT molecular complexity index is 516. The predicted molar refractivity (Wildman–Crippen MR) is 102 cm³/mol. The first-order valence-electron chi connectivity index (χ1n) is 9.27. The summed E-state index contributed by atoms with van der Waals surface area (Å²) in [5, 5.41) is 6.72. The second-order valence-corrected chi connectivity index (χ2v) is 6.13. The van der Waals surface area contributed by atoms with Crippen molar-refractivity contribution in [2.24, 2.45) is 4.99 Å². The zero-order chi connectivity index (χ0) is 17.7. The van der Waals surface area contributed by atoms with E-state index in [-0.39, 0.29) is 0 Å². The van der Waals surface area contributed by atoms with E-state index in [1.807, 2.05) is 18.2 Å². The maximum atomic E-state index is 5.38. The molecule has 1 heterocycles. The summed E-state index contributed by atoms with van der Waals surface area (Å²) >= 11 is 0. The van der Waals surface area contributed by atoms with Gasteiger partial charge >= 0.3 is 0 Å². The van der Waals surface area contributed by atoms with Gasteiger partial charge in [0.1, 0.15) is 5.75 Å². The number of nitrogens with one attached hydrogen (secondary N) is 2. The van der Waals surface area contributed by atoms with E-state index in [4.69, 9.17) is 9.47 Å². The smallest absolute Gasteiger partial charge is 0.191 e. The number of ether oxygens (including phenoxy) is 2. The molecule has 140 valence electrons. The van der Waals surface area contributed by atoms with Gasteiger partial charge in [0, 0.05) is 26.2 Å². The minimum Gasteiger partial charge on any atom is -0.497 e. The lowest BCUT2D eigenvalue weighted by Crippen LogP contribution is -2.39. The maximum Gasteiger partial charge on any atom is 0.191 e. The van der Waals surface area contributed by atoms with Gasteiger partial charge in [-0.25, -0.2) is 4.99 Å². The third-order valence-corrected chi connectivity index (χ3v) is 4.20. The van der Waals surface area contributed by atoms with Crippen LogP contribution in [0.3, 0.4) is 0 Å². The molecule has 2 rings (SSSR count). The highest BCUT2D eigenvalue weighted by Gasteiger charge is 2.09. The van der Waals surface area contributed by atoms with Crippen molar-refractivity contribution >= 4 is 5.96 Å². The van der Waals surface area contributed by atoms with Crippen LogP contribution in [-0.2, 0) is 11.3 Å². The lowest BCUT2D eigenvalue weighted by molar-refractivity contribution is 0.0372. The van der Waals surface area contributed by atoms with Crippen molar-refractivity contribution in [3.05, 3.63) is 29.8 Å². The molecule has 0 unspecified atom stereocenters. The Morgan fingerprint density at radius 3 is 2.84 bits per heavy atom. The fourth-order valence-corrected chi connectivity index (χ4v) is 2.77. The Morgan fingerprint density at radius 1 is 1.24 bits per heavy atom. The van der Waals surface area contributed by atoms with E-state index in [1.54, 1.807) is 7.11 Å². The number of aliphatic imine (C=N–C) groups is 1. The van der Waals surface area contributed by atoms with Crippen LogP contribution >= 0.6 is 0 Å². The molecule has 25 heavy (non-hydrogen) atoms. The van der Waals surface area contributed by atoms with Crippen LogP contribution in [0.25, 0.3) is 0 Å². The molecule has 1 aromatic rings. The second-order valence-electron chi connectivity index (χ2n) is 6.13. The van der Waals surface area contributed by atoms with Crippen LogP contribution in [0.15, 0.2) is 29.3 Å². The highest BCUT2D eigenvalue weighted by molar-refractivity contribution is 5.79. The maximum absolute atomic E-state index is 5.38. The summed E-state index contributed by atoms with van der Waals surface area (Å²) in [6.07, 6.45) is 2.34. The monoisotopic (exact) mass is 348 g/mol. The van der Waals surface area contributed by atoms with Gasteiger partial charge in [-0.05, 0) is 44.0 Å². The van der Waals surface area contributed by atoms with Crippen molar-refractivity contribution in [2.75, 3.05) is 53.0 Å². The van der Waals surface area contributed by atoms with Gasteiger partial charge < -0.3 is 20.1 Å². The molecule has 0 radical (unpaired) electrons. The molecule has 6 heteroatoms. The zero-order valence-electron chi connectivity index (χ0n) is 15.6. The van der Waals surface area contributed by atoms with E-state index < -0.39 is 0 Å². The van der Waals surface area contributed by atoms with E-state index in [2.05, 4.69) is 33.5 Å². The number of hydrogen-bond acceptors (Lipinski definition) is 4. The molecule has 1 aliphatic rings. The Morgan fingerprint density at radius 2 is 2.08 bits per heavy atom. The van der Waals surface area contributed by atoms with Gasteiger partial charge in [0.15, 0.2) is 5.96 Å². The Hall–Kier alpha value is -1.79. The molecule has 1 aliphatic heterocycles. The molecule has 0 spiro atoms. The van der Waals surface area contributed by atoms with E-state index in [1.165, 1.54) is 6.42 Å². The van der Waals surface area contributed by atoms with Crippen LogP contribution in [0.4, 0.5) is 0 Å². The molecule has 1 fully saturated rings. The standard InChI is InChI=1S/C19H32N4O2/c1-3-20-19(22-16-17-7-6-8-18(15-17)24-2)21-9-4-5-10-23-11-13-25-14-12-23/h6-8,15H,3-5,9-14,16H2,1-2H3,(H2,20,21,22). The largest absolute Gasteiger partial charge is 0.497 e. The van der Waals surface area contributed by atoms with Gasteiger partial charge in [0.05, 0.1) is 26.9 Å². The van der Waals surface area contributed by atoms with Crippen LogP contribution in [0.2, 0.25) is 0 Å². The molecule has 0 aliphatic carbocycles. The molecule has 0 bridgehead atoms. The normalized spacial score (nSPS) is 15.8. The first-order valence-corrected chi connectivity index (χ1v) is 9.27. The van der Waals surface area contributed by atoms with Gasteiger partial charge in [-0.15, -0.1) is 0 Å². The fraction of sp³-hybridized carbons (Fsp3) is 0.632. The Labute approximate surface area is 151 Å². The molecule has 1 saturated heterocycles. The number of methoxy groups -OCH3 is 1. The van der Waals surface area contributed by atoms with Crippen LogP contribution in [0.5, 0.6) is 5.75 Å². The van der Waals surface area contributed by atoms with E-state index in [9.17, 15) is 0 Å². The minimum absolute atomic E-state index is 0.639. The molecular formula is C19H32N4O2. The minimum atomic E-state index is 0.639. The summed E-state index contributed by atoms with van der Waals surface area (Å²) in [4.78, 5) is 7.14. The SMILES string of the molecule is CCNC(=NCc1cccc(OC)c1)NCCCCN1CCOCC1. The summed E-state index contributed by atoms with van der Waals surface area (Å²) in [7, 11) is 1.69. The number of unbranched alkanes of at least 4 members (excludes halogenated alkanes) is 1. The van der Waals surface area contributed by atoms with E-state index in [0.29, 0.717) is 6.54 Å². The van der Waals surface area contributed by atoms with Crippen LogP contribution in [-0.4, -0.2) is 63.9 Å². The molecule has 0 amide bonds. The van der Waals surface area contributed by atoms with Crippen LogP contribution in [0.1, 0.15) is 25.3 Å². The van der Waals surface area contributed by atoms with Crippen molar-refractivity contribution in [2.45, 2.75) is 26.3 Å². The number of benzene rings is 1. The van der Waals surface area contributed by atoms with Crippen LogP contribution in [0, 0.1) is 0 Å². The summed E-state index contributed by atoms with van der Waals surface area (Å²) in [5.41, 5.74) is 1.14. The third-order valence-electron chi connectivity index (χ3n) is 4.20. The summed E-state index contributed by atoms with van der Waals surface area (Å²) in [6, 6.07) is 8.04. The van der Waals surface area contributed by atoms with Crippen molar-refractivity contribution in [1.82, 2.24) is 15.5 Å². The quantitative estimate of drug-likeness (QED) is 0.405. The van der Waals surface area contributed by atoms with E-state index >= 15 is 0 Å². The third kappa shape index (κ3) is 7.75. The first-order chi connectivity index (χ1) is 12.3. The Balaban J connectivity index is 1.69. The van der Waals surface area contributed by atoms with Crippen LogP contribution < -0.4 is 15.4 Å². The molecule has 0 atom stereocenters. The topological polar surface area (TPSA) is 58.1 Å². The molecular weight excluding hydrogens is 316 g/mol. The zero-order valence-corrected chi connectivity index (χ0v) is 15.6. The highest BCUT2D eigenvalue weighted by atomic mass is 16.5. The highest BCUT2D eigenvalue weighted by Crippen LogP contribution is 2.13. The van der Waals surface area contributed by atoms with Gasteiger partial charge in [0.2, 0.25) is 0 Å². The average Bonchev–Trinajstić information content (AvgIpc) is 2.66. The molecule has 6 nitrogen and oxygen atoms in total. The lowest BCUT2D eigenvalue weighted by Gasteiger charge is -2.26. The molecule has 0 saturated carbocycles. The number of nitrogens with zero attached hydrogens (tertiary/aromatic N) is 2. The number of rotatable bonds is 9. The van der Waals surface area contributed by atoms with Gasteiger partial charge in [-0.2, -0.15) is 0 Å². The fourth-order valence-electron chi connectivity index (χ4n) is 2.77. The summed E-state index contributed by atoms with van der Waals surface area (Å²) < 4.78 is 10.6. The lowest BCUT2D eigenvalue weighted by atomic mass is 10.2. The van der Waals surface area contributed by atoms with Gasteiger partial charge in [-0.3, -0.25) is 4.90 Å². The van der Waals surface area contributed by atoms with Gasteiger partial charge in [0.25, 0.3) is 0 Å². The summed E-state index contributed by atoms with van der Waals surface area (Å²) in [5.74, 6) is 1.74. The summed E-state index contributed by atoms with van der Waals surface area (Å²) in [6.45, 7) is 9.56.